The van der Waals surface area contributed by atoms with E-state index in [1.165, 1.54) is 16.7 Å². The van der Waals surface area contributed by atoms with Crippen molar-refractivity contribution in [3.63, 3.8) is 0 Å². The van der Waals surface area contributed by atoms with Crippen LogP contribution in [-0.2, 0) is 20.1 Å². The maximum Gasteiger partial charge on any atom is 0.267 e. The molecule has 0 aromatic heterocycles. The van der Waals surface area contributed by atoms with Crippen molar-refractivity contribution >= 4 is 29.1 Å². The fourth-order valence-electron chi connectivity index (χ4n) is 3.23. The van der Waals surface area contributed by atoms with Crippen LogP contribution in [-0.4, -0.2) is 43.1 Å². The Morgan fingerprint density at radius 2 is 1.63 bits per heavy atom. The van der Waals surface area contributed by atoms with Crippen LogP contribution in [0.1, 0.15) is 31.4 Å². The molecule has 0 fully saturated rings. The highest BCUT2D eigenvalue weighted by atomic mass is 32.2. The summed E-state index contributed by atoms with van der Waals surface area (Å²) in [5.41, 5.74) is 2.32. The lowest BCUT2D eigenvalue weighted by atomic mass is 10.1. The van der Waals surface area contributed by atoms with E-state index in [1.54, 1.807) is 0 Å². The summed E-state index contributed by atoms with van der Waals surface area (Å²) in [6, 6.07) is 17.3. The Bertz CT molecular complexity index is 893. The number of thioether (sulfide) groups is 1. The van der Waals surface area contributed by atoms with E-state index >= 15 is 0 Å². The molecule has 0 aliphatic carbocycles. The van der Waals surface area contributed by atoms with Crippen molar-refractivity contribution in [1.82, 2.24) is 4.90 Å². The van der Waals surface area contributed by atoms with Gasteiger partial charge in [0.1, 0.15) is 5.75 Å². The molecule has 5 nitrogen and oxygen atoms in total. The molecule has 1 heterocycles. The standard InChI is InChI=1S/C24H27NO4S/c1-3-28-16-8-15-25-23(26)21(19-11-13-20(14-12-19)29-4-2)22(24(25)27)30-17-18-9-6-5-7-10-18/h5-7,9-14H,3-4,8,15-17H2,1-2H3. The topological polar surface area (TPSA) is 55.8 Å². The number of carbonyl (C=O) groups excluding carboxylic acids is 2. The van der Waals surface area contributed by atoms with Crippen LogP contribution in [0.4, 0.5) is 0 Å². The van der Waals surface area contributed by atoms with Crippen molar-refractivity contribution < 1.29 is 19.1 Å². The molecule has 0 radical (unpaired) electrons. The second kappa shape index (κ2) is 11.0. The van der Waals surface area contributed by atoms with Gasteiger partial charge >= 0.3 is 0 Å². The lowest BCUT2D eigenvalue weighted by molar-refractivity contribution is -0.136. The molecule has 2 aromatic carbocycles. The molecule has 1 aliphatic rings. The molecule has 2 aromatic rings. The SMILES string of the molecule is CCOCCCN1C(=O)C(SCc2ccccc2)=C(c2ccc(OCC)cc2)C1=O. The third kappa shape index (κ3) is 5.32. The summed E-state index contributed by atoms with van der Waals surface area (Å²) in [7, 11) is 0. The van der Waals surface area contributed by atoms with Gasteiger partial charge in [-0.2, -0.15) is 0 Å². The Morgan fingerprint density at radius 1 is 0.900 bits per heavy atom. The summed E-state index contributed by atoms with van der Waals surface area (Å²) in [6.07, 6.45) is 0.624. The molecule has 0 saturated carbocycles. The molecular formula is C24H27NO4S. The highest BCUT2D eigenvalue weighted by Gasteiger charge is 2.38. The monoisotopic (exact) mass is 425 g/mol. The molecule has 0 unspecified atom stereocenters. The number of imide groups is 1. The summed E-state index contributed by atoms with van der Waals surface area (Å²) in [5.74, 6) is 0.908. The van der Waals surface area contributed by atoms with E-state index in [1.807, 2.05) is 68.4 Å². The zero-order chi connectivity index (χ0) is 21.3. The van der Waals surface area contributed by atoms with Gasteiger partial charge in [0, 0.05) is 25.5 Å². The predicted octanol–water partition coefficient (Wildman–Crippen LogP) is 4.53. The molecule has 0 saturated heterocycles. The van der Waals surface area contributed by atoms with Gasteiger partial charge in [-0.25, -0.2) is 0 Å². The van der Waals surface area contributed by atoms with Gasteiger partial charge < -0.3 is 9.47 Å². The molecule has 0 bridgehead atoms. The third-order valence-electron chi connectivity index (χ3n) is 4.68. The van der Waals surface area contributed by atoms with Crippen LogP contribution in [0.2, 0.25) is 0 Å². The van der Waals surface area contributed by atoms with Gasteiger partial charge in [0.05, 0.1) is 17.1 Å². The molecular weight excluding hydrogens is 398 g/mol. The van der Waals surface area contributed by atoms with E-state index < -0.39 is 0 Å². The van der Waals surface area contributed by atoms with Crippen molar-refractivity contribution in [3.8, 4) is 5.75 Å². The Morgan fingerprint density at radius 3 is 2.30 bits per heavy atom. The van der Waals surface area contributed by atoms with E-state index in [0.717, 1.165) is 16.9 Å². The number of nitrogens with zero attached hydrogens (tertiary/aromatic N) is 1. The van der Waals surface area contributed by atoms with Crippen molar-refractivity contribution in [1.29, 1.82) is 0 Å². The van der Waals surface area contributed by atoms with Gasteiger partial charge in [0.15, 0.2) is 0 Å². The first-order chi connectivity index (χ1) is 14.7. The molecule has 0 N–H and O–H groups in total. The predicted molar refractivity (Wildman–Crippen MR) is 120 cm³/mol. The van der Waals surface area contributed by atoms with Crippen molar-refractivity contribution in [3.05, 3.63) is 70.6 Å². The van der Waals surface area contributed by atoms with Gasteiger partial charge in [0.25, 0.3) is 11.8 Å². The van der Waals surface area contributed by atoms with Crippen LogP contribution < -0.4 is 4.74 Å². The van der Waals surface area contributed by atoms with Gasteiger partial charge in [-0.15, -0.1) is 11.8 Å². The Kier molecular flexibility index (Phi) is 8.11. The number of carbonyl (C=O) groups is 2. The smallest absolute Gasteiger partial charge is 0.267 e. The molecule has 6 heteroatoms. The Labute approximate surface area is 182 Å². The van der Waals surface area contributed by atoms with Crippen LogP contribution in [0.15, 0.2) is 59.5 Å². The number of amides is 2. The first-order valence-corrected chi connectivity index (χ1v) is 11.2. The normalized spacial score (nSPS) is 14.0. The van der Waals surface area contributed by atoms with Crippen LogP contribution in [0.3, 0.4) is 0 Å². The number of hydrogen-bond acceptors (Lipinski definition) is 5. The van der Waals surface area contributed by atoms with Crippen molar-refractivity contribution in [2.24, 2.45) is 0 Å². The Balaban J connectivity index is 1.85. The van der Waals surface area contributed by atoms with Crippen LogP contribution >= 0.6 is 11.8 Å². The number of benzene rings is 2. The lowest BCUT2D eigenvalue weighted by Crippen LogP contribution is -2.33. The number of rotatable bonds is 11. The minimum atomic E-state index is -0.240. The molecule has 158 valence electrons. The fraction of sp³-hybridized carbons (Fsp3) is 0.333. The molecule has 2 amide bonds. The first-order valence-electron chi connectivity index (χ1n) is 10.2. The quantitative estimate of drug-likeness (QED) is 0.391. The van der Waals surface area contributed by atoms with Gasteiger partial charge in [0.2, 0.25) is 0 Å². The van der Waals surface area contributed by atoms with Gasteiger partial charge in [-0.05, 0) is 43.5 Å². The molecule has 1 aliphatic heterocycles. The summed E-state index contributed by atoms with van der Waals surface area (Å²) in [6.45, 7) is 5.93. The largest absolute Gasteiger partial charge is 0.494 e. The molecule has 0 spiro atoms. The summed E-state index contributed by atoms with van der Waals surface area (Å²) < 4.78 is 10.9. The van der Waals surface area contributed by atoms with Crippen LogP contribution in [0.5, 0.6) is 5.75 Å². The van der Waals surface area contributed by atoms with E-state index in [2.05, 4.69) is 0 Å². The Hall–Kier alpha value is -2.57. The zero-order valence-electron chi connectivity index (χ0n) is 17.4. The van der Waals surface area contributed by atoms with Gasteiger partial charge in [-0.1, -0.05) is 42.5 Å². The minimum absolute atomic E-state index is 0.221. The van der Waals surface area contributed by atoms with Crippen LogP contribution in [0, 0.1) is 0 Å². The molecule has 0 atom stereocenters. The second-order valence-corrected chi connectivity index (χ2v) is 7.73. The number of hydrogen-bond donors (Lipinski definition) is 0. The van der Waals surface area contributed by atoms with E-state index in [-0.39, 0.29) is 11.8 Å². The van der Waals surface area contributed by atoms with E-state index in [0.29, 0.717) is 49.0 Å². The van der Waals surface area contributed by atoms with E-state index in [9.17, 15) is 9.59 Å². The minimum Gasteiger partial charge on any atom is -0.494 e. The highest BCUT2D eigenvalue weighted by molar-refractivity contribution is 8.03. The van der Waals surface area contributed by atoms with Crippen molar-refractivity contribution in [2.45, 2.75) is 26.0 Å². The lowest BCUT2D eigenvalue weighted by Gasteiger charge is -2.15. The van der Waals surface area contributed by atoms with Gasteiger partial charge in [-0.3, -0.25) is 14.5 Å². The molecule has 30 heavy (non-hydrogen) atoms. The average Bonchev–Trinajstić information content (AvgIpc) is 3.00. The maximum absolute atomic E-state index is 13.2. The summed E-state index contributed by atoms with van der Waals surface area (Å²) in [5, 5.41) is 0. The highest BCUT2D eigenvalue weighted by Crippen LogP contribution is 2.38. The zero-order valence-corrected chi connectivity index (χ0v) is 18.2. The summed E-state index contributed by atoms with van der Waals surface area (Å²) in [4.78, 5) is 28.1. The van der Waals surface area contributed by atoms with Crippen molar-refractivity contribution in [2.75, 3.05) is 26.4 Å². The van der Waals surface area contributed by atoms with Crippen LogP contribution in [0.25, 0.3) is 5.57 Å². The average molecular weight is 426 g/mol. The summed E-state index contributed by atoms with van der Waals surface area (Å²) >= 11 is 1.42. The fourth-order valence-corrected chi connectivity index (χ4v) is 4.32. The van der Waals surface area contributed by atoms with E-state index in [4.69, 9.17) is 9.47 Å². The molecule has 3 rings (SSSR count). The first kappa shape index (κ1) is 22.1. The second-order valence-electron chi connectivity index (χ2n) is 6.75. The maximum atomic E-state index is 13.2. The number of ether oxygens (including phenoxy) is 2. The third-order valence-corrected chi connectivity index (χ3v) is 5.83.